The lowest BCUT2D eigenvalue weighted by molar-refractivity contribution is -0.133. The van der Waals surface area contributed by atoms with E-state index in [9.17, 15) is 4.79 Å². The highest BCUT2D eigenvalue weighted by molar-refractivity contribution is 6.16. The molecule has 0 unspecified atom stereocenters. The molecule has 4 nitrogen and oxygen atoms in total. The third-order valence-corrected chi connectivity index (χ3v) is 4.78. The van der Waals surface area contributed by atoms with E-state index < -0.39 is 5.97 Å². The van der Waals surface area contributed by atoms with Crippen molar-refractivity contribution in [3.05, 3.63) is 72.0 Å². The molecule has 0 aliphatic rings. The molecule has 0 radical (unpaired) electrons. The van der Waals surface area contributed by atoms with Crippen molar-refractivity contribution < 1.29 is 19.0 Å². The summed E-state index contributed by atoms with van der Waals surface area (Å²) < 4.78 is 15.8. The lowest BCUT2D eigenvalue weighted by Gasteiger charge is -2.13. The maximum absolute atomic E-state index is 12.0. The van der Waals surface area contributed by atoms with Crippen LogP contribution in [0.15, 0.2) is 60.9 Å². The normalized spacial score (nSPS) is 11.2. The highest BCUT2D eigenvalue weighted by Crippen LogP contribution is 2.27. The molecule has 2 rings (SSSR count). The Morgan fingerprint density at radius 2 is 1.48 bits per heavy atom. The third-order valence-electron chi connectivity index (χ3n) is 4.78. The van der Waals surface area contributed by atoms with Crippen LogP contribution >= 0.6 is 0 Å². The summed E-state index contributed by atoms with van der Waals surface area (Å²) in [5, 5.41) is 0. The molecule has 0 aromatic heterocycles. The van der Waals surface area contributed by atoms with Gasteiger partial charge in [-0.15, -0.1) is 0 Å². The van der Waals surface area contributed by atoms with Gasteiger partial charge in [-0.1, -0.05) is 74.2 Å². The Labute approximate surface area is 174 Å². The fourth-order valence-electron chi connectivity index (χ4n) is 3.23. The topological polar surface area (TPSA) is 44.8 Å². The first-order chi connectivity index (χ1) is 14.3. The SMILES string of the molecule is CO/C=C(/C(=O)OC)c1ccccc1OCCCCCCCCc1ccccc1. The second-order valence-corrected chi connectivity index (χ2v) is 6.96. The van der Waals surface area contributed by atoms with E-state index >= 15 is 0 Å². The Hall–Kier alpha value is -2.75. The number of esters is 1. The van der Waals surface area contributed by atoms with Crippen LogP contribution in [0, 0.1) is 0 Å². The number of ether oxygens (including phenoxy) is 3. The smallest absolute Gasteiger partial charge is 0.341 e. The maximum atomic E-state index is 12.0. The van der Waals surface area contributed by atoms with Gasteiger partial charge in [-0.25, -0.2) is 4.79 Å². The van der Waals surface area contributed by atoms with Crippen LogP contribution < -0.4 is 4.74 Å². The third kappa shape index (κ3) is 8.02. The van der Waals surface area contributed by atoms with Crippen molar-refractivity contribution in [1.82, 2.24) is 0 Å². The van der Waals surface area contributed by atoms with Crippen LogP contribution in [0.2, 0.25) is 0 Å². The molecule has 0 spiro atoms. The van der Waals surface area contributed by atoms with Gasteiger partial charge in [0.05, 0.1) is 27.1 Å². The van der Waals surface area contributed by atoms with Crippen LogP contribution in [0.5, 0.6) is 5.75 Å². The Morgan fingerprint density at radius 3 is 2.21 bits per heavy atom. The van der Waals surface area contributed by atoms with Crippen LogP contribution in [0.1, 0.15) is 49.7 Å². The number of hydrogen-bond acceptors (Lipinski definition) is 4. The van der Waals surface area contributed by atoms with E-state index in [-0.39, 0.29) is 0 Å². The molecular formula is C25H32O4. The zero-order valence-corrected chi connectivity index (χ0v) is 17.6. The van der Waals surface area contributed by atoms with E-state index in [0.717, 1.165) is 19.3 Å². The number of hydrogen-bond donors (Lipinski definition) is 0. The van der Waals surface area contributed by atoms with E-state index in [4.69, 9.17) is 14.2 Å². The van der Waals surface area contributed by atoms with Gasteiger partial charge >= 0.3 is 5.97 Å². The van der Waals surface area contributed by atoms with Gasteiger partial charge in [0.15, 0.2) is 0 Å². The van der Waals surface area contributed by atoms with E-state index in [2.05, 4.69) is 30.3 Å². The first-order valence-electron chi connectivity index (χ1n) is 10.3. The van der Waals surface area contributed by atoms with Gasteiger partial charge in [-0.3, -0.25) is 0 Å². The average Bonchev–Trinajstić information content (AvgIpc) is 2.77. The number of para-hydroxylation sites is 1. The lowest BCUT2D eigenvalue weighted by atomic mass is 10.0. The Bertz CT molecular complexity index is 752. The van der Waals surface area contributed by atoms with E-state index in [1.807, 2.05) is 24.3 Å². The van der Waals surface area contributed by atoms with Crippen LogP contribution in [0.3, 0.4) is 0 Å². The van der Waals surface area contributed by atoms with Crippen molar-refractivity contribution in [3.8, 4) is 5.75 Å². The summed E-state index contributed by atoms with van der Waals surface area (Å²) in [7, 11) is 2.86. The minimum atomic E-state index is -0.446. The summed E-state index contributed by atoms with van der Waals surface area (Å²) >= 11 is 0. The zero-order valence-electron chi connectivity index (χ0n) is 17.6. The molecule has 0 fully saturated rings. The number of methoxy groups -OCH3 is 2. The first kappa shape index (κ1) is 22.5. The van der Waals surface area contributed by atoms with Gasteiger partial charge < -0.3 is 14.2 Å². The average molecular weight is 397 g/mol. The summed E-state index contributed by atoms with van der Waals surface area (Å²) in [6.45, 7) is 0.627. The molecular weight excluding hydrogens is 364 g/mol. The number of benzene rings is 2. The molecule has 0 amide bonds. The summed E-state index contributed by atoms with van der Waals surface area (Å²) in [5.41, 5.74) is 2.46. The van der Waals surface area contributed by atoms with Crippen molar-refractivity contribution in [2.45, 2.75) is 44.9 Å². The fourth-order valence-corrected chi connectivity index (χ4v) is 3.23. The number of aryl methyl sites for hydroxylation is 1. The number of unbranched alkanes of at least 4 members (excludes halogenated alkanes) is 5. The van der Waals surface area contributed by atoms with E-state index in [1.165, 1.54) is 51.7 Å². The molecule has 0 bridgehead atoms. The second kappa shape index (κ2) is 13.4. The molecule has 4 heteroatoms. The minimum absolute atomic E-state index is 0.351. The highest BCUT2D eigenvalue weighted by atomic mass is 16.5. The molecule has 156 valence electrons. The standard InChI is InChI=1S/C25H32O4/c1-27-20-23(25(26)28-2)22-17-11-12-18-24(22)29-19-13-6-4-3-5-8-14-21-15-9-7-10-16-21/h7,9-12,15-18,20H,3-6,8,13-14,19H2,1-2H3/b23-20+. The van der Waals surface area contributed by atoms with Crippen molar-refractivity contribution in [3.63, 3.8) is 0 Å². The lowest BCUT2D eigenvalue weighted by Crippen LogP contribution is -2.07. The van der Waals surface area contributed by atoms with Crippen molar-refractivity contribution in [2.75, 3.05) is 20.8 Å². The predicted molar refractivity (Wildman–Crippen MR) is 117 cm³/mol. The van der Waals surface area contributed by atoms with Crippen LogP contribution in [-0.4, -0.2) is 26.8 Å². The molecule has 0 N–H and O–H groups in total. The second-order valence-electron chi connectivity index (χ2n) is 6.96. The number of rotatable bonds is 13. The monoisotopic (exact) mass is 396 g/mol. The van der Waals surface area contributed by atoms with Gasteiger partial charge in [0.2, 0.25) is 0 Å². The molecule has 2 aromatic rings. The molecule has 0 aliphatic carbocycles. The molecule has 0 heterocycles. The van der Waals surface area contributed by atoms with Gasteiger partial charge in [0.25, 0.3) is 0 Å². The van der Waals surface area contributed by atoms with Gasteiger partial charge in [0.1, 0.15) is 11.3 Å². The Kier molecular flexibility index (Phi) is 10.4. The van der Waals surface area contributed by atoms with Crippen LogP contribution in [0.25, 0.3) is 5.57 Å². The summed E-state index contributed by atoms with van der Waals surface area (Å²) in [6, 6.07) is 18.1. The Morgan fingerprint density at radius 1 is 0.828 bits per heavy atom. The predicted octanol–water partition coefficient (Wildman–Crippen LogP) is 5.81. The number of carbonyl (C=O) groups excluding carboxylic acids is 1. The van der Waals surface area contributed by atoms with Crippen molar-refractivity contribution in [1.29, 1.82) is 0 Å². The van der Waals surface area contributed by atoms with Gasteiger partial charge in [0, 0.05) is 5.56 Å². The molecule has 0 aliphatic heterocycles. The zero-order chi connectivity index (χ0) is 20.7. The number of carbonyl (C=O) groups is 1. The molecule has 0 saturated carbocycles. The van der Waals surface area contributed by atoms with Crippen LogP contribution in [-0.2, 0) is 20.7 Å². The van der Waals surface area contributed by atoms with Crippen molar-refractivity contribution >= 4 is 11.5 Å². The fraction of sp³-hybridized carbons (Fsp3) is 0.400. The molecule has 2 aromatic carbocycles. The summed E-state index contributed by atoms with van der Waals surface area (Å²) in [4.78, 5) is 12.0. The molecule has 0 saturated heterocycles. The minimum Gasteiger partial charge on any atom is -0.503 e. The Balaban J connectivity index is 1.67. The highest BCUT2D eigenvalue weighted by Gasteiger charge is 2.17. The van der Waals surface area contributed by atoms with E-state index in [0.29, 0.717) is 23.5 Å². The van der Waals surface area contributed by atoms with Crippen molar-refractivity contribution in [2.24, 2.45) is 0 Å². The summed E-state index contributed by atoms with van der Waals surface area (Å²) in [5.74, 6) is 0.225. The maximum Gasteiger partial charge on any atom is 0.341 e. The summed E-state index contributed by atoms with van der Waals surface area (Å²) in [6.07, 6.45) is 9.68. The quantitative estimate of drug-likeness (QED) is 0.185. The van der Waals surface area contributed by atoms with Crippen LogP contribution in [0.4, 0.5) is 0 Å². The molecule has 0 atom stereocenters. The van der Waals surface area contributed by atoms with E-state index in [1.54, 1.807) is 0 Å². The van der Waals surface area contributed by atoms with Gasteiger partial charge in [-0.2, -0.15) is 0 Å². The first-order valence-corrected chi connectivity index (χ1v) is 10.3. The van der Waals surface area contributed by atoms with Gasteiger partial charge in [-0.05, 0) is 30.9 Å². The largest absolute Gasteiger partial charge is 0.503 e. The molecule has 29 heavy (non-hydrogen) atoms.